The van der Waals surface area contributed by atoms with Crippen LogP contribution in [0.25, 0.3) is 11.0 Å². The van der Waals surface area contributed by atoms with E-state index in [4.69, 9.17) is 4.42 Å². The molecule has 0 bridgehead atoms. The van der Waals surface area contributed by atoms with Crippen molar-refractivity contribution >= 4 is 23.3 Å². The van der Waals surface area contributed by atoms with Gasteiger partial charge in [-0.3, -0.25) is 4.79 Å². The summed E-state index contributed by atoms with van der Waals surface area (Å²) in [7, 11) is 0. The van der Waals surface area contributed by atoms with E-state index >= 15 is 0 Å². The van der Waals surface area contributed by atoms with Gasteiger partial charge in [-0.05, 0) is 24.0 Å². The maximum Gasteiger partial charge on any atom is 0.416 e. The van der Waals surface area contributed by atoms with Gasteiger partial charge in [0, 0.05) is 5.46 Å². The molecule has 1 aromatic heterocycles. The fraction of sp³-hybridized carbons (Fsp3) is 0.308. The van der Waals surface area contributed by atoms with Gasteiger partial charge in [0.1, 0.15) is 5.58 Å². The lowest BCUT2D eigenvalue weighted by Crippen LogP contribution is -2.41. The lowest BCUT2D eigenvalue weighted by molar-refractivity contribution is -0.137. The molecule has 20 heavy (non-hydrogen) atoms. The molecule has 0 aliphatic heterocycles. The Balaban J connectivity index is 2.12. The highest BCUT2D eigenvalue weighted by Gasteiger charge is 2.37. The van der Waals surface area contributed by atoms with Crippen molar-refractivity contribution in [3.05, 3.63) is 40.2 Å². The highest BCUT2D eigenvalue weighted by molar-refractivity contribution is 6.68. The summed E-state index contributed by atoms with van der Waals surface area (Å²) < 4.78 is 42.8. The summed E-state index contributed by atoms with van der Waals surface area (Å²) in [5.41, 5.74) is -1.36. The number of benzene rings is 1. The van der Waals surface area contributed by atoms with E-state index in [0.717, 1.165) is 37.3 Å². The molecule has 1 aromatic carbocycles. The monoisotopic (exact) mass is 282 g/mol. The van der Waals surface area contributed by atoms with Crippen molar-refractivity contribution in [3.63, 3.8) is 0 Å². The third kappa shape index (κ3) is 2.22. The Kier molecular flexibility index (Phi) is 2.90. The van der Waals surface area contributed by atoms with Crippen LogP contribution in [0.3, 0.4) is 0 Å². The summed E-state index contributed by atoms with van der Waals surface area (Å²) >= 11 is 0. The quantitative estimate of drug-likeness (QED) is 0.859. The normalized spacial score (nSPS) is 15.6. The van der Waals surface area contributed by atoms with Gasteiger partial charge in [0.25, 0.3) is 0 Å². The molecular weight excluding hydrogens is 272 g/mol. The molecular formula is C13H10BF3O3. The lowest BCUT2D eigenvalue weighted by atomic mass is 9.57. The molecule has 0 spiro atoms. The molecule has 1 heterocycles. The van der Waals surface area contributed by atoms with Crippen LogP contribution >= 0.6 is 0 Å². The lowest BCUT2D eigenvalue weighted by Gasteiger charge is -2.08. The summed E-state index contributed by atoms with van der Waals surface area (Å²) in [5.74, 6) is 0.0461. The molecule has 0 saturated heterocycles. The van der Waals surface area contributed by atoms with Gasteiger partial charge < -0.3 is 9.44 Å². The Morgan fingerprint density at radius 3 is 2.60 bits per heavy atom. The van der Waals surface area contributed by atoms with Crippen molar-refractivity contribution < 1.29 is 22.6 Å². The number of halogens is 3. The third-order valence-electron chi connectivity index (χ3n) is 3.52. The van der Waals surface area contributed by atoms with Gasteiger partial charge in [-0.1, -0.05) is 12.8 Å². The first-order valence-electron chi connectivity index (χ1n) is 6.18. The van der Waals surface area contributed by atoms with Crippen LogP contribution in [0.15, 0.2) is 33.7 Å². The topological polar surface area (TPSA) is 50.4 Å². The molecule has 0 atom stereocenters. The second-order valence-electron chi connectivity index (χ2n) is 5.01. The average molecular weight is 282 g/mol. The predicted molar refractivity (Wildman–Crippen MR) is 68.1 cm³/mol. The number of alkyl halides is 3. The fourth-order valence-corrected chi connectivity index (χ4v) is 2.19. The SMILES string of the molecule is O=c1c(B(O)C2CC2)coc2cc(C(F)(F)F)ccc12. The Bertz CT molecular complexity index is 719. The van der Waals surface area contributed by atoms with E-state index in [1.165, 1.54) is 0 Å². The zero-order chi connectivity index (χ0) is 14.5. The fourth-order valence-electron chi connectivity index (χ4n) is 2.19. The molecule has 3 rings (SSSR count). The summed E-state index contributed by atoms with van der Waals surface area (Å²) in [6.45, 7) is -0.905. The van der Waals surface area contributed by atoms with Gasteiger partial charge in [0.2, 0.25) is 0 Å². The van der Waals surface area contributed by atoms with Crippen molar-refractivity contribution in [2.45, 2.75) is 24.8 Å². The van der Waals surface area contributed by atoms with Gasteiger partial charge in [0.15, 0.2) is 5.43 Å². The highest BCUT2D eigenvalue weighted by atomic mass is 19.4. The third-order valence-corrected chi connectivity index (χ3v) is 3.52. The van der Waals surface area contributed by atoms with Gasteiger partial charge in [-0.15, -0.1) is 0 Å². The van der Waals surface area contributed by atoms with E-state index in [-0.39, 0.29) is 22.2 Å². The minimum absolute atomic E-state index is 0.0461. The zero-order valence-electron chi connectivity index (χ0n) is 10.3. The van der Waals surface area contributed by atoms with Crippen LogP contribution in [0.1, 0.15) is 18.4 Å². The minimum atomic E-state index is -4.49. The minimum Gasteiger partial charge on any atom is -0.465 e. The molecule has 3 nitrogen and oxygen atoms in total. The van der Waals surface area contributed by atoms with Crippen LogP contribution in [0.4, 0.5) is 13.2 Å². The van der Waals surface area contributed by atoms with Crippen molar-refractivity contribution in [3.8, 4) is 0 Å². The first-order valence-corrected chi connectivity index (χ1v) is 6.18. The summed E-state index contributed by atoms with van der Waals surface area (Å²) in [4.78, 5) is 12.2. The maximum atomic E-state index is 12.6. The first-order chi connectivity index (χ1) is 9.38. The largest absolute Gasteiger partial charge is 0.465 e. The van der Waals surface area contributed by atoms with Crippen molar-refractivity contribution in [1.29, 1.82) is 0 Å². The van der Waals surface area contributed by atoms with Crippen LogP contribution in [0, 0.1) is 0 Å². The smallest absolute Gasteiger partial charge is 0.416 e. The molecule has 0 unspecified atom stereocenters. The molecule has 104 valence electrons. The molecule has 1 aliphatic carbocycles. The molecule has 0 amide bonds. The highest BCUT2D eigenvalue weighted by Crippen LogP contribution is 2.37. The maximum absolute atomic E-state index is 12.6. The van der Waals surface area contributed by atoms with Gasteiger partial charge in [0.05, 0.1) is 17.2 Å². The molecule has 0 radical (unpaired) electrons. The van der Waals surface area contributed by atoms with E-state index in [1.807, 2.05) is 0 Å². The van der Waals surface area contributed by atoms with E-state index in [9.17, 15) is 23.0 Å². The summed E-state index contributed by atoms with van der Waals surface area (Å²) in [6, 6.07) is 2.73. The van der Waals surface area contributed by atoms with Crippen LogP contribution < -0.4 is 10.9 Å². The molecule has 7 heteroatoms. The summed E-state index contributed by atoms with van der Waals surface area (Å²) in [5, 5.41) is 10.00. The Labute approximate surface area is 112 Å². The van der Waals surface area contributed by atoms with Crippen LogP contribution in [0.5, 0.6) is 0 Å². The van der Waals surface area contributed by atoms with E-state index < -0.39 is 24.1 Å². The number of rotatable bonds is 2. The first kappa shape index (κ1) is 13.2. The Hall–Kier alpha value is -1.76. The van der Waals surface area contributed by atoms with Gasteiger partial charge in [-0.2, -0.15) is 13.2 Å². The Morgan fingerprint density at radius 1 is 1.30 bits per heavy atom. The van der Waals surface area contributed by atoms with E-state index in [2.05, 4.69) is 0 Å². The average Bonchev–Trinajstić information content (AvgIpc) is 3.21. The van der Waals surface area contributed by atoms with Crippen molar-refractivity contribution in [2.24, 2.45) is 0 Å². The van der Waals surface area contributed by atoms with Crippen LogP contribution in [-0.2, 0) is 6.18 Å². The zero-order valence-corrected chi connectivity index (χ0v) is 10.3. The van der Waals surface area contributed by atoms with E-state index in [1.54, 1.807) is 0 Å². The number of fused-ring (bicyclic) bond motifs is 1. The van der Waals surface area contributed by atoms with Crippen molar-refractivity contribution in [1.82, 2.24) is 0 Å². The van der Waals surface area contributed by atoms with Crippen LogP contribution in [-0.4, -0.2) is 11.9 Å². The van der Waals surface area contributed by atoms with Crippen molar-refractivity contribution in [2.75, 3.05) is 0 Å². The summed E-state index contributed by atoms with van der Waals surface area (Å²) in [6.07, 6.45) is -1.75. The molecule has 1 N–H and O–H groups in total. The van der Waals surface area contributed by atoms with E-state index in [0.29, 0.717) is 0 Å². The second kappa shape index (κ2) is 4.38. The molecule has 1 aliphatic rings. The van der Waals surface area contributed by atoms with Gasteiger partial charge >= 0.3 is 13.1 Å². The molecule has 1 fully saturated rings. The molecule has 2 aromatic rings. The predicted octanol–water partition coefficient (Wildman–Crippen LogP) is 2.17. The Morgan fingerprint density at radius 2 is 2.00 bits per heavy atom. The standard InChI is InChI=1S/C13H10BF3O3/c15-13(16,17)7-1-4-9-11(5-7)20-6-10(12(9)18)14(19)8-2-3-8/h1,4-6,8,19H,2-3H2. The van der Waals surface area contributed by atoms with Gasteiger partial charge in [-0.25, -0.2) is 0 Å². The molecule has 1 saturated carbocycles. The van der Waals surface area contributed by atoms with Crippen LogP contribution in [0.2, 0.25) is 5.82 Å². The number of hydrogen-bond acceptors (Lipinski definition) is 3. The second-order valence-corrected chi connectivity index (χ2v) is 5.01. The number of hydrogen-bond donors (Lipinski definition) is 1.